The van der Waals surface area contributed by atoms with Crippen molar-refractivity contribution >= 4 is 17.7 Å². The lowest BCUT2D eigenvalue weighted by Crippen LogP contribution is -2.51. The second-order valence-corrected chi connectivity index (χ2v) is 12.0. The quantitative estimate of drug-likeness (QED) is 0.239. The summed E-state index contributed by atoms with van der Waals surface area (Å²) in [6.45, 7) is 6.40. The van der Waals surface area contributed by atoms with E-state index >= 15 is 0 Å². The average molecular weight is 473 g/mol. The molecule has 0 unspecified atom stereocenters. The molecule has 0 aromatic heterocycles. The molecule has 0 aliphatic heterocycles. The Morgan fingerprint density at radius 1 is 0.971 bits per heavy atom. The maximum Gasteiger partial charge on any atom is 0.305 e. The lowest BCUT2D eigenvalue weighted by atomic mass is 9.47. The monoisotopic (exact) mass is 472 g/mol. The van der Waals surface area contributed by atoms with Crippen LogP contribution in [0.1, 0.15) is 104 Å². The number of hydrogen-bond acceptors (Lipinski definition) is 5. The first kappa shape index (κ1) is 25.4. The number of methoxy groups -OCH3 is 1. The van der Waals surface area contributed by atoms with Gasteiger partial charge in [0.25, 0.3) is 0 Å². The van der Waals surface area contributed by atoms with E-state index in [0.29, 0.717) is 36.4 Å². The molecule has 34 heavy (non-hydrogen) atoms. The third kappa shape index (κ3) is 4.73. The molecule has 0 radical (unpaired) electrons. The van der Waals surface area contributed by atoms with Gasteiger partial charge in [-0.25, -0.2) is 0 Å². The van der Waals surface area contributed by atoms with Crippen molar-refractivity contribution in [3.05, 3.63) is 11.6 Å². The second-order valence-electron chi connectivity index (χ2n) is 12.0. The van der Waals surface area contributed by atoms with Crippen LogP contribution in [-0.2, 0) is 23.9 Å². The van der Waals surface area contributed by atoms with E-state index in [1.807, 2.05) is 0 Å². The Labute approximate surface area is 205 Å². The number of unbranched alkanes of at least 4 members (excludes halogenated alkanes) is 2. The molecule has 0 bridgehead atoms. The lowest BCUT2D eigenvalue weighted by Gasteiger charge is -2.58. The zero-order valence-electron chi connectivity index (χ0n) is 21.7. The van der Waals surface area contributed by atoms with Gasteiger partial charge in [-0.05, 0) is 86.4 Å². The molecule has 4 aliphatic rings. The molecule has 4 aliphatic carbocycles. The van der Waals surface area contributed by atoms with Gasteiger partial charge in [-0.1, -0.05) is 31.9 Å². The molecular formula is C29H44O5. The summed E-state index contributed by atoms with van der Waals surface area (Å²) in [5, 5.41) is 0. The fourth-order valence-electron chi connectivity index (χ4n) is 8.51. The number of ketones is 1. The van der Waals surface area contributed by atoms with Gasteiger partial charge in [-0.3, -0.25) is 14.4 Å². The smallest absolute Gasteiger partial charge is 0.305 e. The zero-order valence-corrected chi connectivity index (χ0v) is 21.7. The van der Waals surface area contributed by atoms with Crippen molar-refractivity contribution in [2.45, 2.75) is 110 Å². The first-order valence-corrected chi connectivity index (χ1v) is 13.7. The first-order chi connectivity index (χ1) is 16.2. The molecule has 190 valence electrons. The van der Waals surface area contributed by atoms with Crippen LogP contribution in [0.25, 0.3) is 0 Å². The van der Waals surface area contributed by atoms with Crippen LogP contribution in [0.4, 0.5) is 0 Å². The Bertz CT molecular complexity index is 830. The molecule has 0 N–H and O–H groups in total. The summed E-state index contributed by atoms with van der Waals surface area (Å²) in [7, 11) is 1.43. The summed E-state index contributed by atoms with van der Waals surface area (Å²) < 4.78 is 10.3. The molecule has 0 aromatic carbocycles. The molecule has 0 saturated heterocycles. The van der Waals surface area contributed by atoms with E-state index < -0.39 is 0 Å². The van der Waals surface area contributed by atoms with Crippen LogP contribution in [0, 0.1) is 34.5 Å². The second kappa shape index (κ2) is 10.1. The average Bonchev–Trinajstić information content (AvgIpc) is 3.15. The predicted molar refractivity (Wildman–Crippen MR) is 131 cm³/mol. The van der Waals surface area contributed by atoms with Crippen molar-refractivity contribution in [3.8, 4) is 0 Å². The number of carbonyl (C=O) groups is 3. The van der Waals surface area contributed by atoms with Gasteiger partial charge in [-0.15, -0.1) is 0 Å². The summed E-state index contributed by atoms with van der Waals surface area (Å²) in [5.41, 5.74) is 1.89. The molecule has 0 spiro atoms. The summed E-state index contributed by atoms with van der Waals surface area (Å²) in [4.78, 5) is 36.1. The van der Waals surface area contributed by atoms with Crippen LogP contribution < -0.4 is 0 Å². The summed E-state index contributed by atoms with van der Waals surface area (Å²) in [6, 6.07) is 0. The topological polar surface area (TPSA) is 69.7 Å². The highest BCUT2D eigenvalue weighted by molar-refractivity contribution is 5.82. The Morgan fingerprint density at radius 3 is 2.47 bits per heavy atom. The minimum atomic E-state index is -0.165. The van der Waals surface area contributed by atoms with Crippen molar-refractivity contribution in [2.24, 2.45) is 34.5 Å². The predicted octanol–water partition coefficient (Wildman–Crippen LogP) is 6.19. The van der Waals surface area contributed by atoms with Crippen molar-refractivity contribution in [3.63, 3.8) is 0 Å². The van der Waals surface area contributed by atoms with Gasteiger partial charge >= 0.3 is 11.9 Å². The van der Waals surface area contributed by atoms with Gasteiger partial charge in [0.2, 0.25) is 0 Å². The van der Waals surface area contributed by atoms with Crippen LogP contribution in [0.5, 0.6) is 0 Å². The first-order valence-electron chi connectivity index (χ1n) is 13.7. The number of Topliss-reactive ketones (excluding diaryl/α,β-unsaturated/α-hetero) is 1. The molecule has 3 saturated carbocycles. The number of allylic oxidation sites excluding steroid dienone is 1. The van der Waals surface area contributed by atoms with Crippen molar-refractivity contribution in [2.75, 3.05) is 7.11 Å². The molecular weight excluding hydrogens is 428 g/mol. The van der Waals surface area contributed by atoms with Crippen LogP contribution >= 0.6 is 0 Å². The molecule has 5 heteroatoms. The van der Waals surface area contributed by atoms with Gasteiger partial charge in [0, 0.05) is 32.1 Å². The summed E-state index contributed by atoms with van der Waals surface area (Å²) >= 11 is 0. The minimum absolute atomic E-state index is 0.0448. The van der Waals surface area contributed by atoms with E-state index in [2.05, 4.69) is 19.9 Å². The largest absolute Gasteiger partial charge is 0.469 e. The fraction of sp³-hybridized carbons (Fsp3) is 0.828. The maximum atomic E-state index is 13.3. The number of carbonyl (C=O) groups excluding carboxylic acids is 3. The number of ether oxygens (including phenoxy) is 2. The lowest BCUT2D eigenvalue weighted by molar-refractivity contribution is -0.149. The maximum absolute atomic E-state index is 13.3. The van der Waals surface area contributed by atoms with Crippen molar-refractivity contribution in [1.82, 2.24) is 0 Å². The minimum Gasteiger partial charge on any atom is -0.469 e. The SMILES string of the molecule is COC(=O)CCCCCC(=O)[C@H]1CC[C@H]2[C@@H]3CC=C4C[C@@H](OC(C)=O)CC[C@]4(C)[C@H]3CC[C@]12C. The molecule has 5 nitrogen and oxygen atoms in total. The third-order valence-electron chi connectivity index (χ3n) is 10.3. The molecule has 3 fully saturated rings. The van der Waals surface area contributed by atoms with E-state index in [9.17, 15) is 14.4 Å². The van der Waals surface area contributed by atoms with Gasteiger partial charge < -0.3 is 9.47 Å². The van der Waals surface area contributed by atoms with Crippen molar-refractivity contribution in [1.29, 1.82) is 0 Å². The van der Waals surface area contributed by atoms with E-state index in [4.69, 9.17) is 9.47 Å². The molecule has 4 rings (SSSR count). The molecule has 7 atom stereocenters. The Balaban J connectivity index is 1.38. The number of rotatable bonds is 8. The molecule has 0 aromatic rings. The van der Waals surface area contributed by atoms with Crippen LogP contribution in [0.3, 0.4) is 0 Å². The van der Waals surface area contributed by atoms with Crippen LogP contribution in [0.2, 0.25) is 0 Å². The number of hydrogen-bond donors (Lipinski definition) is 0. The van der Waals surface area contributed by atoms with Gasteiger partial charge in [0.05, 0.1) is 7.11 Å². The zero-order chi connectivity index (χ0) is 24.5. The van der Waals surface area contributed by atoms with Crippen LogP contribution in [0.15, 0.2) is 11.6 Å². The Hall–Kier alpha value is -1.65. The van der Waals surface area contributed by atoms with E-state index in [0.717, 1.165) is 57.8 Å². The summed E-state index contributed by atoms with van der Waals surface area (Å²) in [6.07, 6.45) is 14.9. The van der Waals surface area contributed by atoms with Gasteiger partial charge in [-0.2, -0.15) is 0 Å². The van der Waals surface area contributed by atoms with E-state index in [1.165, 1.54) is 32.4 Å². The third-order valence-corrected chi connectivity index (χ3v) is 10.3. The number of esters is 2. The van der Waals surface area contributed by atoms with Crippen molar-refractivity contribution < 1.29 is 23.9 Å². The standard InChI is InChI=1S/C29H44O5/c1-19(30)34-21-14-16-28(2)20(18-21)10-11-22-23-12-13-25(29(23,3)17-15-24(22)28)26(31)8-6-5-7-9-27(32)33-4/h10,21-25H,5-9,11-18H2,1-4H3/t21-,22-,23-,24-,25+,28-,29-/m0/s1. The Kier molecular flexibility index (Phi) is 7.59. The van der Waals surface area contributed by atoms with Crippen LogP contribution in [-0.4, -0.2) is 30.9 Å². The molecule has 0 heterocycles. The van der Waals surface area contributed by atoms with Gasteiger partial charge in [0.15, 0.2) is 0 Å². The fourth-order valence-corrected chi connectivity index (χ4v) is 8.51. The van der Waals surface area contributed by atoms with E-state index in [-0.39, 0.29) is 34.8 Å². The van der Waals surface area contributed by atoms with Gasteiger partial charge in [0.1, 0.15) is 11.9 Å². The normalized spacial score (nSPS) is 38.7. The molecule has 0 amide bonds. The highest BCUT2D eigenvalue weighted by atomic mass is 16.5. The Morgan fingerprint density at radius 2 is 1.74 bits per heavy atom. The highest BCUT2D eigenvalue weighted by Crippen LogP contribution is 2.66. The summed E-state index contributed by atoms with van der Waals surface area (Å²) in [5.74, 6) is 2.35. The number of fused-ring (bicyclic) bond motifs is 5. The highest BCUT2D eigenvalue weighted by Gasteiger charge is 2.59. The van der Waals surface area contributed by atoms with E-state index in [1.54, 1.807) is 0 Å².